The molecule has 2 aromatic carbocycles. The van der Waals surface area contributed by atoms with Crippen molar-refractivity contribution < 1.29 is 35.9 Å². The first-order chi connectivity index (χ1) is 19.3. The monoisotopic (exact) mass is 579 g/mol. The van der Waals surface area contributed by atoms with E-state index in [1.165, 1.54) is 21.6 Å². The van der Waals surface area contributed by atoms with Gasteiger partial charge in [0.2, 0.25) is 5.89 Å². The van der Waals surface area contributed by atoms with Crippen LogP contribution in [0.2, 0.25) is 0 Å². The molecular weight excluding hydrogens is 553 g/mol. The van der Waals surface area contributed by atoms with Crippen LogP contribution in [-0.4, -0.2) is 49.0 Å². The molecule has 5 rings (SSSR count). The van der Waals surface area contributed by atoms with Gasteiger partial charge in [-0.15, -0.1) is 10.2 Å². The molecule has 0 atom stereocenters. The second-order valence-electron chi connectivity index (χ2n) is 10.7. The maximum Gasteiger partial charge on any atom is 0.410 e. The Morgan fingerprint density at radius 2 is 1.68 bits per heavy atom. The van der Waals surface area contributed by atoms with E-state index < -0.39 is 53.2 Å². The van der Waals surface area contributed by atoms with Crippen LogP contribution in [0, 0.1) is 17.5 Å². The Hall–Kier alpha value is -4.23. The third-order valence-corrected chi connectivity index (χ3v) is 6.74. The number of fused-ring (bicyclic) bond motifs is 1. The fraction of sp³-hybridized carbons (Fsp3) is 0.407. The van der Waals surface area contributed by atoms with Crippen LogP contribution in [0.25, 0.3) is 22.5 Å². The molecule has 2 aromatic heterocycles. The summed E-state index contributed by atoms with van der Waals surface area (Å²) in [5, 5.41) is 6.71. The molecule has 0 unspecified atom stereocenters. The lowest BCUT2D eigenvalue weighted by molar-refractivity contribution is 0.0188. The smallest absolute Gasteiger partial charge is 0.410 e. The van der Waals surface area contributed by atoms with E-state index in [-0.39, 0.29) is 47.7 Å². The topological polar surface area (TPSA) is 95.4 Å². The maximum absolute atomic E-state index is 15.1. The molecule has 14 heteroatoms. The summed E-state index contributed by atoms with van der Waals surface area (Å²) in [6.45, 7) is 5.49. The number of amides is 1. The van der Waals surface area contributed by atoms with E-state index in [4.69, 9.17) is 9.15 Å². The number of aromatic nitrogens is 4. The normalized spacial score (nSPS) is 14.8. The highest BCUT2D eigenvalue weighted by atomic mass is 19.3. The molecule has 1 saturated heterocycles. The van der Waals surface area contributed by atoms with Crippen molar-refractivity contribution in [2.75, 3.05) is 13.1 Å². The number of ether oxygens (including phenoxy) is 1. The average molecular weight is 580 g/mol. The van der Waals surface area contributed by atoms with Gasteiger partial charge in [-0.05, 0) is 45.7 Å². The highest BCUT2D eigenvalue weighted by molar-refractivity contribution is 5.77. The SMILES string of the molecule is CC(C)(C)OC(=O)N1CCC(n2c(=O)n(Cc3ccc(-c4nnc(C(F)F)o4)cc3F)c3cc(F)c(F)cc32)CC1. The molecule has 0 saturated carbocycles. The lowest BCUT2D eigenvalue weighted by Gasteiger charge is -2.33. The van der Waals surface area contributed by atoms with Crippen LogP contribution in [0.5, 0.6) is 0 Å². The Labute approximate surface area is 230 Å². The standard InChI is InChI=1S/C27H26F5N5O4/c1-27(2,3)41-26(39)35-8-6-16(7-9-35)37-21-12-19(30)18(29)11-20(21)36(25(37)38)13-15-5-4-14(10-17(15)28)23-33-34-24(40-23)22(31)32/h4-5,10-12,16,22H,6-9,13H2,1-3H3. The summed E-state index contributed by atoms with van der Waals surface area (Å²) in [6.07, 6.45) is -2.76. The van der Waals surface area contributed by atoms with Crippen molar-refractivity contribution in [2.45, 2.75) is 58.2 Å². The Morgan fingerprint density at radius 1 is 1.02 bits per heavy atom. The van der Waals surface area contributed by atoms with Crippen LogP contribution in [0.3, 0.4) is 0 Å². The number of benzene rings is 2. The largest absolute Gasteiger partial charge is 0.444 e. The molecule has 1 aliphatic rings. The van der Waals surface area contributed by atoms with Gasteiger partial charge in [0.15, 0.2) is 11.6 Å². The number of hydrogen-bond acceptors (Lipinski definition) is 6. The zero-order valence-electron chi connectivity index (χ0n) is 22.3. The summed E-state index contributed by atoms with van der Waals surface area (Å²) in [5.41, 5.74) is -1.02. The summed E-state index contributed by atoms with van der Waals surface area (Å²) in [5.74, 6) is -4.34. The van der Waals surface area contributed by atoms with E-state index in [9.17, 15) is 27.2 Å². The number of hydrogen-bond donors (Lipinski definition) is 0. The van der Waals surface area contributed by atoms with Gasteiger partial charge in [0.05, 0.1) is 17.6 Å². The van der Waals surface area contributed by atoms with Crippen LogP contribution in [0.4, 0.5) is 26.7 Å². The number of piperidine rings is 1. The molecule has 0 spiro atoms. The van der Waals surface area contributed by atoms with Crippen molar-refractivity contribution in [3.05, 3.63) is 69.7 Å². The quantitative estimate of drug-likeness (QED) is 0.276. The van der Waals surface area contributed by atoms with Gasteiger partial charge >= 0.3 is 18.2 Å². The number of carbonyl (C=O) groups is 1. The van der Waals surface area contributed by atoms with Crippen molar-refractivity contribution in [3.63, 3.8) is 0 Å². The zero-order valence-corrected chi connectivity index (χ0v) is 22.3. The van der Waals surface area contributed by atoms with Gasteiger partial charge in [0.25, 0.3) is 5.89 Å². The Balaban J connectivity index is 1.45. The molecule has 41 heavy (non-hydrogen) atoms. The number of imidazole rings is 1. The summed E-state index contributed by atoms with van der Waals surface area (Å²) < 4.78 is 82.0. The van der Waals surface area contributed by atoms with E-state index >= 15 is 4.39 Å². The highest BCUT2D eigenvalue weighted by Gasteiger charge is 2.30. The number of nitrogens with zero attached hydrogens (tertiary/aromatic N) is 5. The van der Waals surface area contributed by atoms with Crippen molar-refractivity contribution in [3.8, 4) is 11.5 Å². The Morgan fingerprint density at radius 3 is 2.27 bits per heavy atom. The number of carbonyl (C=O) groups excluding carboxylic acids is 1. The lowest BCUT2D eigenvalue weighted by atomic mass is 10.0. The van der Waals surface area contributed by atoms with Gasteiger partial charge in [-0.3, -0.25) is 9.13 Å². The Kier molecular flexibility index (Phi) is 7.34. The third-order valence-electron chi connectivity index (χ3n) is 6.74. The van der Waals surface area contributed by atoms with Crippen molar-refractivity contribution >= 4 is 17.1 Å². The second kappa shape index (κ2) is 10.6. The molecule has 1 aliphatic heterocycles. The lowest BCUT2D eigenvalue weighted by Crippen LogP contribution is -2.43. The van der Waals surface area contributed by atoms with Crippen molar-refractivity contribution in [1.29, 1.82) is 0 Å². The van der Waals surface area contributed by atoms with E-state index in [1.807, 2.05) is 0 Å². The fourth-order valence-corrected chi connectivity index (χ4v) is 4.83. The molecule has 0 N–H and O–H groups in total. The summed E-state index contributed by atoms with van der Waals surface area (Å²) in [4.78, 5) is 27.6. The first-order valence-corrected chi connectivity index (χ1v) is 12.8. The molecule has 0 bridgehead atoms. The van der Waals surface area contributed by atoms with Crippen LogP contribution >= 0.6 is 0 Å². The summed E-state index contributed by atoms with van der Waals surface area (Å²) >= 11 is 0. The predicted octanol–water partition coefficient (Wildman–Crippen LogP) is 5.83. The number of alkyl halides is 2. The van der Waals surface area contributed by atoms with Crippen molar-refractivity contribution in [1.82, 2.24) is 24.2 Å². The van der Waals surface area contributed by atoms with Crippen LogP contribution in [0.1, 0.15) is 57.5 Å². The number of halogens is 5. The minimum Gasteiger partial charge on any atom is -0.444 e. The van der Waals surface area contributed by atoms with Crippen molar-refractivity contribution in [2.24, 2.45) is 0 Å². The van der Waals surface area contributed by atoms with Gasteiger partial charge < -0.3 is 14.1 Å². The zero-order chi connectivity index (χ0) is 29.6. The van der Waals surface area contributed by atoms with Crippen LogP contribution in [0.15, 0.2) is 39.5 Å². The van der Waals surface area contributed by atoms with Gasteiger partial charge in [-0.1, -0.05) is 6.07 Å². The minimum atomic E-state index is -2.99. The molecule has 0 radical (unpaired) electrons. The van der Waals surface area contributed by atoms with Crippen LogP contribution < -0.4 is 5.69 Å². The molecule has 1 fully saturated rings. The first kappa shape index (κ1) is 28.3. The second-order valence-corrected chi connectivity index (χ2v) is 10.7. The molecule has 3 heterocycles. The van der Waals surface area contributed by atoms with Gasteiger partial charge in [0.1, 0.15) is 11.4 Å². The minimum absolute atomic E-state index is 0.0213. The molecule has 218 valence electrons. The van der Waals surface area contributed by atoms with Gasteiger partial charge in [-0.25, -0.2) is 22.8 Å². The first-order valence-electron chi connectivity index (χ1n) is 12.8. The summed E-state index contributed by atoms with van der Waals surface area (Å²) in [6, 6.07) is 5.04. The molecule has 9 nitrogen and oxygen atoms in total. The number of likely N-dealkylation sites (tertiary alicyclic amines) is 1. The maximum atomic E-state index is 15.1. The van der Waals surface area contributed by atoms with E-state index in [1.54, 1.807) is 20.8 Å². The van der Waals surface area contributed by atoms with E-state index in [0.717, 1.165) is 22.8 Å². The number of rotatable bonds is 5. The van der Waals surface area contributed by atoms with Gasteiger partial charge in [0, 0.05) is 42.4 Å². The fourth-order valence-electron chi connectivity index (χ4n) is 4.83. The van der Waals surface area contributed by atoms with Gasteiger partial charge in [-0.2, -0.15) is 8.78 Å². The van der Waals surface area contributed by atoms with E-state index in [2.05, 4.69) is 10.2 Å². The van der Waals surface area contributed by atoms with Crippen LogP contribution in [-0.2, 0) is 11.3 Å². The molecule has 0 aliphatic carbocycles. The predicted molar refractivity (Wildman–Crippen MR) is 136 cm³/mol. The Bertz CT molecular complexity index is 1660. The highest BCUT2D eigenvalue weighted by Crippen LogP contribution is 2.29. The third kappa shape index (κ3) is 5.68. The molecule has 4 aromatic rings. The average Bonchev–Trinajstić information content (AvgIpc) is 3.49. The van der Waals surface area contributed by atoms with E-state index in [0.29, 0.717) is 12.8 Å². The molecular formula is C27H26F5N5O4. The molecule has 1 amide bonds. The summed E-state index contributed by atoms with van der Waals surface area (Å²) in [7, 11) is 0.